The Kier molecular flexibility index (Phi) is 6.53. The summed E-state index contributed by atoms with van der Waals surface area (Å²) in [5.41, 5.74) is 1.91. The van der Waals surface area contributed by atoms with Crippen molar-refractivity contribution >= 4 is 17.7 Å². The van der Waals surface area contributed by atoms with Crippen molar-refractivity contribution in [3.8, 4) is 17.1 Å². The van der Waals surface area contributed by atoms with Gasteiger partial charge in [0.15, 0.2) is 0 Å². The van der Waals surface area contributed by atoms with Gasteiger partial charge in [-0.05, 0) is 86.3 Å². The third-order valence-corrected chi connectivity index (χ3v) is 7.90. The number of halogens is 1. The van der Waals surface area contributed by atoms with Crippen LogP contribution in [-0.4, -0.2) is 36.6 Å². The fourth-order valence-corrected chi connectivity index (χ4v) is 5.95. The average molecular weight is 468 g/mol. The van der Waals surface area contributed by atoms with E-state index >= 15 is 0 Å². The Morgan fingerprint density at radius 2 is 1.76 bits per heavy atom. The molecule has 174 valence electrons. The van der Waals surface area contributed by atoms with Crippen molar-refractivity contribution in [2.24, 2.45) is 5.92 Å². The van der Waals surface area contributed by atoms with E-state index in [1.807, 2.05) is 28.6 Å². The first kappa shape index (κ1) is 22.2. The van der Waals surface area contributed by atoms with Crippen LogP contribution in [0.25, 0.3) is 17.1 Å². The van der Waals surface area contributed by atoms with Crippen LogP contribution in [0.15, 0.2) is 47.5 Å². The van der Waals surface area contributed by atoms with E-state index in [9.17, 15) is 9.18 Å². The SMILES string of the molecule is CC1CCC(Nc2nccc(-c3cn(C4CCSCC4)c(=O)n3-c3ccc(F)cc3)n2)CC1. The summed E-state index contributed by atoms with van der Waals surface area (Å²) in [7, 11) is 0. The van der Waals surface area contributed by atoms with Crippen LogP contribution in [0.5, 0.6) is 0 Å². The van der Waals surface area contributed by atoms with Crippen molar-refractivity contribution in [1.82, 2.24) is 19.1 Å². The highest BCUT2D eigenvalue weighted by atomic mass is 32.2. The smallest absolute Gasteiger partial charge is 0.333 e. The summed E-state index contributed by atoms with van der Waals surface area (Å²) in [4.78, 5) is 22.8. The zero-order chi connectivity index (χ0) is 22.8. The number of nitrogens with zero attached hydrogens (tertiary/aromatic N) is 4. The van der Waals surface area contributed by atoms with Crippen LogP contribution < -0.4 is 11.0 Å². The minimum Gasteiger partial charge on any atom is -0.351 e. The molecule has 2 aromatic heterocycles. The van der Waals surface area contributed by atoms with Crippen molar-refractivity contribution in [1.29, 1.82) is 0 Å². The summed E-state index contributed by atoms with van der Waals surface area (Å²) < 4.78 is 17.1. The largest absolute Gasteiger partial charge is 0.351 e. The molecule has 3 heterocycles. The number of aromatic nitrogens is 4. The minimum absolute atomic E-state index is 0.108. The highest BCUT2D eigenvalue weighted by Gasteiger charge is 2.24. The predicted molar refractivity (Wildman–Crippen MR) is 132 cm³/mol. The highest BCUT2D eigenvalue weighted by Crippen LogP contribution is 2.30. The zero-order valence-corrected chi connectivity index (χ0v) is 19.7. The van der Waals surface area contributed by atoms with Crippen LogP contribution in [0, 0.1) is 11.7 Å². The maximum atomic E-state index is 13.6. The molecule has 3 aromatic rings. The molecule has 0 atom stereocenters. The van der Waals surface area contributed by atoms with Gasteiger partial charge in [0.25, 0.3) is 0 Å². The number of hydrogen-bond acceptors (Lipinski definition) is 5. The Bertz CT molecular complexity index is 1140. The van der Waals surface area contributed by atoms with Gasteiger partial charge in [-0.1, -0.05) is 6.92 Å². The standard InChI is InChI=1S/C25H30FN5OS/c1-17-2-6-19(7-3-17)28-24-27-13-10-22(29-24)23-16-30(20-11-14-33-15-12-20)25(32)31(23)21-8-4-18(26)5-9-21/h4-5,8-10,13,16-17,19-20H,2-3,6-7,11-12,14-15H2,1H3,(H,27,28,29). The molecule has 2 aliphatic rings. The topological polar surface area (TPSA) is 64.7 Å². The first-order valence-electron chi connectivity index (χ1n) is 11.9. The van der Waals surface area contributed by atoms with Crippen molar-refractivity contribution in [3.63, 3.8) is 0 Å². The number of thioether (sulfide) groups is 1. The molecule has 5 rings (SSSR count). The molecule has 0 bridgehead atoms. The van der Waals surface area contributed by atoms with Crippen LogP contribution in [0.1, 0.15) is 51.5 Å². The van der Waals surface area contributed by atoms with Gasteiger partial charge in [-0.25, -0.2) is 19.2 Å². The van der Waals surface area contributed by atoms with E-state index in [1.165, 1.54) is 25.0 Å². The molecule has 1 saturated heterocycles. The highest BCUT2D eigenvalue weighted by molar-refractivity contribution is 7.99. The van der Waals surface area contributed by atoms with Gasteiger partial charge >= 0.3 is 5.69 Å². The molecule has 0 radical (unpaired) electrons. The van der Waals surface area contributed by atoms with Gasteiger partial charge < -0.3 is 5.32 Å². The molecule has 1 aliphatic heterocycles. The van der Waals surface area contributed by atoms with Gasteiger partial charge in [0.1, 0.15) is 5.82 Å². The van der Waals surface area contributed by atoms with E-state index in [2.05, 4.69) is 17.2 Å². The second-order valence-corrected chi connectivity index (χ2v) is 10.5. The first-order valence-corrected chi connectivity index (χ1v) is 13.0. The van der Waals surface area contributed by atoms with Crippen LogP contribution in [0.4, 0.5) is 10.3 Å². The lowest BCUT2D eigenvalue weighted by Crippen LogP contribution is -2.28. The number of rotatable bonds is 5. The Hall–Kier alpha value is -2.61. The number of benzene rings is 1. The third kappa shape index (κ3) is 4.86. The van der Waals surface area contributed by atoms with Gasteiger partial charge in [-0.15, -0.1) is 0 Å². The Morgan fingerprint density at radius 3 is 2.48 bits per heavy atom. The molecule has 0 unspecified atom stereocenters. The number of anilines is 1. The fourth-order valence-electron chi connectivity index (χ4n) is 4.87. The molecular weight excluding hydrogens is 437 g/mol. The van der Waals surface area contributed by atoms with Crippen LogP contribution >= 0.6 is 11.8 Å². The van der Waals surface area contributed by atoms with Crippen molar-refractivity contribution in [2.45, 2.75) is 57.5 Å². The molecule has 8 heteroatoms. The van der Waals surface area contributed by atoms with E-state index in [4.69, 9.17) is 4.98 Å². The predicted octanol–water partition coefficient (Wildman–Crippen LogP) is 5.29. The quantitative estimate of drug-likeness (QED) is 0.552. The zero-order valence-electron chi connectivity index (χ0n) is 18.9. The van der Waals surface area contributed by atoms with Crippen molar-refractivity contribution in [2.75, 3.05) is 16.8 Å². The summed E-state index contributed by atoms with van der Waals surface area (Å²) in [6.45, 7) is 2.30. The lowest BCUT2D eigenvalue weighted by atomic mass is 9.87. The second-order valence-electron chi connectivity index (χ2n) is 9.23. The van der Waals surface area contributed by atoms with E-state index in [0.717, 1.165) is 43.1 Å². The number of hydrogen-bond donors (Lipinski definition) is 1. The third-order valence-electron chi connectivity index (χ3n) is 6.85. The molecule has 6 nitrogen and oxygen atoms in total. The molecule has 1 aliphatic carbocycles. The van der Waals surface area contributed by atoms with Crippen LogP contribution in [0.3, 0.4) is 0 Å². The van der Waals surface area contributed by atoms with Gasteiger partial charge in [-0.3, -0.25) is 9.13 Å². The van der Waals surface area contributed by atoms with E-state index < -0.39 is 0 Å². The number of nitrogens with one attached hydrogen (secondary N) is 1. The molecule has 1 aromatic carbocycles. The summed E-state index contributed by atoms with van der Waals surface area (Å²) in [5, 5.41) is 3.49. The van der Waals surface area contributed by atoms with Gasteiger partial charge in [0.2, 0.25) is 5.95 Å². The van der Waals surface area contributed by atoms with E-state index in [0.29, 0.717) is 29.1 Å². The van der Waals surface area contributed by atoms with Crippen LogP contribution in [-0.2, 0) is 0 Å². The summed E-state index contributed by atoms with van der Waals surface area (Å²) in [5.74, 6) is 3.14. The molecule has 0 spiro atoms. The van der Waals surface area contributed by atoms with Crippen molar-refractivity contribution < 1.29 is 4.39 Å². The second kappa shape index (κ2) is 9.71. The normalized spacial score (nSPS) is 21.8. The summed E-state index contributed by atoms with van der Waals surface area (Å²) >= 11 is 1.93. The Morgan fingerprint density at radius 1 is 1.03 bits per heavy atom. The molecule has 1 saturated carbocycles. The molecular formula is C25H30FN5OS. The van der Waals surface area contributed by atoms with Crippen molar-refractivity contribution in [3.05, 3.63) is 59.0 Å². The fraction of sp³-hybridized carbons (Fsp3) is 0.480. The first-order chi connectivity index (χ1) is 16.1. The van der Waals surface area contributed by atoms with Crippen LogP contribution in [0.2, 0.25) is 0 Å². The maximum Gasteiger partial charge on any atom is 0.333 e. The van der Waals surface area contributed by atoms with Gasteiger partial charge in [0, 0.05) is 24.5 Å². The van der Waals surface area contributed by atoms with E-state index in [1.54, 1.807) is 22.9 Å². The molecule has 2 fully saturated rings. The van der Waals surface area contributed by atoms with Gasteiger partial charge in [-0.2, -0.15) is 11.8 Å². The Labute approximate surface area is 197 Å². The Balaban J connectivity index is 1.52. The number of imidazole rings is 1. The molecule has 1 N–H and O–H groups in total. The monoisotopic (exact) mass is 467 g/mol. The summed E-state index contributed by atoms with van der Waals surface area (Å²) in [6, 6.07) is 8.44. The lowest BCUT2D eigenvalue weighted by molar-refractivity contribution is 0.360. The summed E-state index contributed by atoms with van der Waals surface area (Å²) in [6.07, 6.45) is 10.2. The van der Waals surface area contributed by atoms with E-state index in [-0.39, 0.29) is 17.5 Å². The van der Waals surface area contributed by atoms with Gasteiger partial charge in [0.05, 0.1) is 17.1 Å². The minimum atomic E-state index is -0.326. The molecule has 0 amide bonds. The average Bonchev–Trinajstić information content (AvgIpc) is 3.19. The molecule has 33 heavy (non-hydrogen) atoms. The lowest BCUT2D eigenvalue weighted by Gasteiger charge is -2.26. The maximum absolute atomic E-state index is 13.6.